The third kappa shape index (κ3) is 2.46. The molecule has 0 aliphatic rings. The summed E-state index contributed by atoms with van der Waals surface area (Å²) in [4.78, 5) is 20.9. The molecule has 3 amide bonds. The Morgan fingerprint density at radius 3 is 2.00 bits per heavy atom. The van der Waals surface area contributed by atoms with E-state index >= 15 is 0 Å². The smallest absolute Gasteiger partial charge is 0.318 e. The Labute approximate surface area is 67.8 Å². The van der Waals surface area contributed by atoms with Crippen molar-refractivity contribution in [2.24, 2.45) is 5.73 Å². The van der Waals surface area contributed by atoms with Crippen LogP contribution in [0.3, 0.4) is 0 Å². The van der Waals surface area contributed by atoms with Gasteiger partial charge in [-0.05, 0) is 0 Å². The standard InChI is InChI=1S/C5H10N2O5/c6-4(11)7-3(10)5(12,1-8)2-9/h8-9,12H,1-2H2,(H3,6,7,10,11). The van der Waals surface area contributed by atoms with Gasteiger partial charge in [0, 0.05) is 0 Å². The van der Waals surface area contributed by atoms with E-state index in [1.54, 1.807) is 0 Å². The summed E-state index contributed by atoms with van der Waals surface area (Å²) in [5, 5.41) is 27.4. The van der Waals surface area contributed by atoms with Crippen molar-refractivity contribution in [1.82, 2.24) is 5.32 Å². The average molecular weight is 178 g/mol. The van der Waals surface area contributed by atoms with Gasteiger partial charge >= 0.3 is 6.03 Å². The van der Waals surface area contributed by atoms with Crippen molar-refractivity contribution in [2.45, 2.75) is 5.60 Å². The van der Waals surface area contributed by atoms with Gasteiger partial charge in [-0.15, -0.1) is 0 Å². The first-order valence-corrected chi connectivity index (χ1v) is 3.01. The zero-order valence-electron chi connectivity index (χ0n) is 6.15. The first-order chi connectivity index (χ1) is 5.46. The molecular weight excluding hydrogens is 168 g/mol. The van der Waals surface area contributed by atoms with Gasteiger partial charge in [0.15, 0.2) is 5.60 Å². The molecule has 0 heterocycles. The van der Waals surface area contributed by atoms with E-state index in [9.17, 15) is 9.59 Å². The van der Waals surface area contributed by atoms with Gasteiger partial charge in [0.25, 0.3) is 5.91 Å². The second kappa shape index (κ2) is 4.00. The highest BCUT2D eigenvalue weighted by atomic mass is 16.4. The molecule has 0 aromatic carbocycles. The second-order valence-corrected chi connectivity index (χ2v) is 2.17. The van der Waals surface area contributed by atoms with Crippen LogP contribution in [0.1, 0.15) is 0 Å². The zero-order chi connectivity index (χ0) is 9.78. The molecule has 0 fully saturated rings. The lowest BCUT2D eigenvalue weighted by Crippen LogP contribution is -2.54. The summed E-state index contributed by atoms with van der Waals surface area (Å²) < 4.78 is 0. The largest absolute Gasteiger partial charge is 0.393 e. The van der Waals surface area contributed by atoms with Crippen molar-refractivity contribution in [3.8, 4) is 0 Å². The van der Waals surface area contributed by atoms with E-state index < -0.39 is 30.8 Å². The van der Waals surface area contributed by atoms with Crippen LogP contribution in [0.25, 0.3) is 0 Å². The molecule has 0 unspecified atom stereocenters. The van der Waals surface area contributed by atoms with Gasteiger partial charge in [-0.2, -0.15) is 0 Å². The molecule has 0 aliphatic carbocycles. The molecule has 12 heavy (non-hydrogen) atoms. The Hall–Kier alpha value is -1.18. The zero-order valence-corrected chi connectivity index (χ0v) is 6.15. The third-order valence-corrected chi connectivity index (χ3v) is 1.18. The molecule has 7 heteroatoms. The number of hydrogen-bond donors (Lipinski definition) is 5. The van der Waals surface area contributed by atoms with Crippen molar-refractivity contribution in [3.05, 3.63) is 0 Å². The Balaban J connectivity index is 4.32. The fourth-order valence-corrected chi connectivity index (χ4v) is 0.422. The van der Waals surface area contributed by atoms with Gasteiger partial charge in [-0.25, -0.2) is 4.79 Å². The number of urea groups is 1. The number of nitrogens with two attached hydrogens (primary N) is 1. The lowest BCUT2D eigenvalue weighted by molar-refractivity contribution is -0.147. The van der Waals surface area contributed by atoms with E-state index in [0.717, 1.165) is 0 Å². The van der Waals surface area contributed by atoms with Gasteiger partial charge in [-0.1, -0.05) is 0 Å². The molecular formula is C5H10N2O5. The summed E-state index contributed by atoms with van der Waals surface area (Å²) >= 11 is 0. The molecule has 7 nitrogen and oxygen atoms in total. The van der Waals surface area contributed by atoms with E-state index in [4.69, 9.17) is 15.3 Å². The lowest BCUT2D eigenvalue weighted by Gasteiger charge is -2.20. The number of aliphatic hydroxyl groups excluding tert-OH is 2. The number of amides is 3. The van der Waals surface area contributed by atoms with Crippen LogP contribution in [0.4, 0.5) is 4.79 Å². The molecule has 70 valence electrons. The van der Waals surface area contributed by atoms with Crippen LogP contribution >= 0.6 is 0 Å². The van der Waals surface area contributed by atoms with Crippen LogP contribution in [-0.2, 0) is 4.79 Å². The number of primary amides is 1. The Bertz CT molecular complexity index is 188. The van der Waals surface area contributed by atoms with Crippen LogP contribution in [0.5, 0.6) is 0 Å². The third-order valence-electron chi connectivity index (χ3n) is 1.18. The maximum absolute atomic E-state index is 10.8. The SMILES string of the molecule is NC(=O)NC(=O)C(O)(CO)CO. The van der Waals surface area contributed by atoms with Crippen LogP contribution in [0.15, 0.2) is 0 Å². The van der Waals surface area contributed by atoms with Crippen LogP contribution in [-0.4, -0.2) is 46.1 Å². The van der Waals surface area contributed by atoms with E-state index in [0.29, 0.717) is 0 Å². The molecule has 0 aromatic heterocycles. The topological polar surface area (TPSA) is 133 Å². The van der Waals surface area contributed by atoms with E-state index in [-0.39, 0.29) is 0 Å². The molecule has 0 rings (SSSR count). The minimum absolute atomic E-state index is 0.997. The molecule has 0 spiro atoms. The number of aliphatic hydroxyl groups is 3. The summed E-state index contributed by atoms with van der Waals surface area (Å²) in [6.07, 6.45) is 0. The van der Waals surface area contributed by atoms with Crippen molar-refractivity contribution in [1.29, 1.82) is 0 Å². The van der Waals surface area contributed by atoms with Crippen molar-refractivity contribution >= 4 is 11.9 Å². The summed E-state index contributed by atoms with van der Waals surface area (Å²) in [6, 6.07) is -1.17. The number of imide groups is 1. The van der Waals surface area contributed by atoms with Gasteiger partial charge in [0.1, 0.15) is 0 Å². The van der Waals surface area contributed by atoms with Gasteiger partial charge in [0.05, 0.1) is 13.2 Å². The fourth-order valence-electron chi connectivity index (χ4n) is 0.422. The lowest BCUT2D eigenvalue weighted by atomic mass is 10.1. The molecule has 0 aromatic rings. The first-order valence-electron chi connectivity index (χ1n) is 3.01. The number of nitrogens with one attached hydrogen (secondary N) is 1. The number of rotatable bonds is 3. The molecule has 0 bridgehead atoms. The monoisotopic (exact) mass is 178 g/mol. The minimum Gasteiger partial charge on any atom is -0.393 e. The highest BCUT2D eigenvalue weighted by molar-refractivity contribution is 5.98. The Kier molecular flexibility index (Phi) is 3.61. The fraction of sp³-hybridized carbons (Fsp3) is 0.600. The number of hydrogen-bond acceptors (Lipinski definition) is 5. The van der Waals surface area contributed by atoms with Crippen LogP contribution < -0.4 is 11.1 Å². The van der Waals surface area contributed by atoms with E-state index in [1.807, 2.05) is 0 Å². The maximum atomic E-state index is 10.8. The van der Waals surface area contributed by atoms with E-state index in [1.165, 1.54) is 5.32 Å². The maximum Gasteiger partial charge on any atom is 0.318 e. The van der Waals surface area contributed by atoms with Crippen molar-refractivity contribution in [2.75, 3.05) is 13.2 Å². The normalized spacial score (nSPS) is 10.9. The van der Waals surface area contributed by atoms with Gasteiger partial charge in [-0.3, -0.25) is 10.1 Å². The predicted molar refractivity (Wildman–Crippen MR) is 36.8 cm³/mol. The van der Waals surface area contributed by atoms with Crippen molar-refractivity contribution in [3.63, 3.8) is 0 Å². The molecule has 0 radical (unpaired) electrons. The summed E-state index contributed by atoms with van der Waals surface area (Å²) in [5.74, 6) is -1.24. The minimum atomic E-state index is -2.37. The highest BCUT2D eigenvalue weighted by Gasteiger charge is 2.35. The number of carbonyl (C=O) groups is 2. The first kappa shape index (κ1) is 10.8. The second-order valence-electron chi connectivity index (χ2n) is 2.17. The quantitative estimate of drug-likeness (QED) is 0.312. The molecule has 0 atom stereocenters. The van der Waals surface area contributed by atoms with Crippen LogP contribution in [0, 0.1) is 0 Å². The molecule has 0 saturated heterocycles. The summed E-state index contributed by atoms with van der Waals surface area (Å²) in [5.41, 5.74) is 2.19. The molecule has 6 N–H and O–H groups in total. The Morgan fingerprint density at radius 1 is 1.33 bits per heavy atom. The predicted octanol–water partition coefficient (Wildman–Crippen LogP) is -3.10. The highest BCUT2D eigenvalue weighted by Crippen LogP contribution is 2.01. The van der Waals surface area contributed by atoms with Crippen LogP contribution in [0.2, 0.25) is 0 Å². The average Bonchev–Trinajstić information content (AvgIpc) is 2.02. The Morgan fingerprint density at radius 2 is 1.75 bits per heavy atom. The van der Waals surface area contributed by atoms with Gasteiger partial charge in [0.2, 0.25) is 0 Å². The van der Waals surface area contributed by atoms with E-state index in [2.05, 4.69) is 5.73 Å². The number of carbonyl (C=O) groups excluding carboxylic acids is 2. The van der Waals surface area contributed by atoms with Crippen molar-refractivity contribution < 1.29 is 24.9 Å². The molecule has 0 saturated carbocycles. The van der Waals surface area contributed by atoms with Gasteiger partial charge < -0.3 is 21.1 Å². The molecule has 0 aliphatic heterocycles. The summed E-state index contributed by atoms with van der Waals surface area (Å²) in [6.45, 7) is -1.99. The summed E-state index contributed by atoms with van der Waals surface area (Å²) in [7, 11) is 0.